The first-order chi connectivity index (χ1) is 9.61. The summed E-state index contributed by atoms with van der Waals surface area (Å²) in [4.78, 5) is 18.8. The van der Waals surface area contributed by atoms with Crippen LogP contribution in [0.3, 0.4) is 0 Å². The normalized spacial score (nSPS) is 14.5. The lowest BCUT2D eigenvalue weighted by atomic mass is 10.2. The van der Waals surface area contributed by atoms with Gasteiger partial charge < -0.3 is 10.3 Å². The number of benzene rings is 1. The molecule has 1 aliphatic carbocycles. The standard InChI is InChI=1S/C14H13BrFN3O/c15-11-5-8(1-4-12(11)16)14-18-10(6-13(20)19-14)7-17-9-2-3-9/h1,4-6,9,17H,2-3,7H2,(H,18,19,20). The molecule has 1 heterocycles. The molecule has 0 aliphatic heterocycles. The van der Waals surface area contributed by atoms with E-state index in [9.17, 15) is 9.18 Å². The first kappa shape index (κ1) is 13.5. The molecule has 3 rings (SSSR count). The number of aromatic amines is 1. The number of halogens is 2. The first-order valence-corrected chi connectivity index (χ1v) is 7.20. The molecule has 0 saturated heterocycles. The van der Waals surface area contributed by atoms with Crippen molar-refractivity contribution in [3.63, 3.8) is 0 Å². The molecule has 0 bridgehead atoms. The Hall–Kier alpha value is -1.53. The molecule has 1 fully saturated rings. The highest BCUT2D eigenvalue weighted by atomic mass is 79.9. The molecule has 0 unspecified atom stereocenters. The van der Waals surface area contributed by atoms with Crippen LogP contribution in [-0.2, 0) is 6.54 Å². The van der Waals surface area contributed by atoms with Crippen LogP contribution >= 0.6 is 15.9 Å². The Morgan fingerprint density at radius 3 is 2.90 bits per heavy atom. The predicted molar refractivity (Wildman–Crippen MR) is 77.8 cm³/mol. The molecule has 104 valence electrons. The van der Waals surface area contributed by atoms with Gasteiger partial charge in [-0.05, 0) is 47.0 Å². The SMILES string of the molecule is O=c1cc(CNC2CC2)nc(-c2ccc(F)c(Br)c2)[nH]1. The van der Waals surface area contributed by atoms with E-state index in [0.29, 0.717) is 34.1 Å². The molecule has 20 heavy (non-hydrogen) atoms. The zero-order chi connectivity index (χ0) is 14.1. The number of nitrogens with zero attached hydrogens (tertiary/aromatic N) is 1. The Kier molecular flexibility index (Phi) is 3.67. The van der Waals surface area contributed by atoms with Crippen molar-refractivity contribution in [2.75, 3.05) is 0 Å². The highest BCUT2D eigenvalue weighted by Crippen LogP contribution is 2.22. The molecular formula is C14H13BrFN3O. The summed E-state index contributed by atoms with van der Waals surface area (Å²) in [6, 6.07) is 6.58. The monoisotopic (exact) mass is 337 g/mol. The Balaban J connectivity index is 1.91. The van der Waals surface area contributed by atoms with E-state index in [4.69, 9.17) is 0 Å². The summed E-state index contributed by atoms with van der Waals surface area (Å²) in [7, 11) is 0. The number of aromatic nitrogens is 2. The Bertz CT molecular complexity index is 697. The fourth-order valence-electron chi connectivity index (χ4n) is 1.92. The minimum absolute atomic E-state index is 0.206. The molecule has 2 N–H and O–H groups in total. The zero-order valence-electron chi connectivity index (χ0n) is 10.6. The lowest BCUT2D eigenvalue weighted by Gasteiger charge is -2.06. The van der Waals surface area contributed by atoms with E-state index < -0.39 is 0 Å². The van der Waals surface area contributed by atoms with Crippen LogP contribution < -0.4 is 10.9 Å². The predicted octanol–water partition coefficient (Wildman–Crippen LogP) is 2.59. The van der Waals surface area contributed by atoms with E-state index in [1.807, 2.05) is 0 Å². The average molecular weight is 338 g/mol. The summed E-state index contributed by atoms with van der Waals surface area (Å²) in [6.07, 6.45) is 2.36. The van der Waals surface area contributed by atoms with E-state index in [0.717, 1.165) is 0 Å². The van der Waals surface area contributed by atoms with Crippen molar-refractivity contribution >= 4 is 15.9 Å². The van der Waals surface area contributed by atoms with Gasteiger partial charge in [-0.1, -0.05) is 0 Å². The molecule has 6 heteroatoms. The minimum atomic E-state index is -0.345. The Morgan fingerprint density at radius 2 is 2.20 bits per heavy atom. The second-order valence-corrected chi connectivity index (χ2v) is 5.72. The van der Waals surface area contributed by atoms with Gasteiger partial charge in [0.1, 0.15) is 11.6 Å². The van der Waals surface area contributed by atoms with Crippen LogP contribution in [0, 0.1) is 5.82 Å². The molecule has 2 aromatic rings. The third-order valence-electron chi connectivity index (χ3n) is 3.14. The van der Waals surface area contributed by atoms with Crippen LogP contribution in [0.25, 0.3) is 11.4 Å². The molecule has 0 spiro atoms. The molecule has 0 amide bonds. The summed E-state index contributed by atoms with van der Waals surface area (Å²) in [6.45, 7) is 0.573. The summed E-state index contributed by atoms with van der Waals surface area (Å²) in [5.41, 5.74) is 1.16. The van der Waals surface area contributed by atoms with E-state index in [2.05, 4.69) is 31.2 Å². The molecule has 4 nitrogen and oxygen atoms in total. The topological polar surface area (TPSA) is 57.8 Å². The van der Waals surface area contributed by atoms with E-state index >= 15 is 0 Å². The smallest absolute Gasteiger partial charge is 0.251 e. The van der Waals surface area contributed by atoms with Crippen LogP contribution in [0.1, 0.15) is 18.5 Å². The van der Waals surface area contributed by atoms with Gasteiger partial charge in [-0.2, -0.15) is 0 Å². The van der Waals surface area contributed by atoms with Crippen molar-refractivity contribution in [1.29, 1.82) is 0 Å². The molecule has 1 aliphatic rings. The number of H-pyrrole nitrogens is 1. The lowest BCUT2D eigenvalue weighted by Crippen LogP contribution is -2.19. The molecular weight excluding hydrogens is 325 g/mol. The fraction of sp³-hybridized carbons (Fsp3) is 0.286. The van der Waals surface area contributed by atoms with Crippen molar-refractivity contribution in [2.24, 2.45) is 0 Å². The molecule has 1 aromatic carbocycles. The summed E-state index contributed by atoms with van der Waals surface area (Å²) >= 11 is 3.13. The summed E-state index contributed by atoms with van der Waals surface area (Å²) < 4.78 is 13.6. The third kappa shape index (κ3) is 3.13. The van der Waals surface area contributed by atoms with Crippen LogP contribution in [0.4, 0.5) is 4.39 Å². The second kappa shape index (κ2) is 5.46. The first-order valence-electron chi connectivity index (χ1n) is 6.41. The van der Waals surface area contributed by atoms with Crippen LogP contribution in [0.15, 0.2) is 33.5 Å². The van der Waals surface area contributed by atoms with Gasteiger partial charge in [0.2, 0.25) is 0 Å². The van der Waals surface area contributed by atoms with Crippen molar-refractivity contribution < 1.29 is 4.39 Å². The van der Waals surface area contributed by atoms with Gasteiger partial charge in [-0.25, -0.2) is 9.37 Å². The highest BCUT2D eigenvalue weighted by molar-refractivity contribution is 9.10. The van der Waals surface area contributed by atoms with Gasteiger partial charge in [0.15, 0.2) is 0 Å². The number of hydrogen-bond donors (Lipinski definition) is 2. The fourth-order valence-corrected chi connectivity index (χ4v) is 2.29. The Morgan fingerprint density at radius 1 is 1.40 bits per heavy atom. The third-order valence-corrected chi connectivity index (χ3v) is 3.74. The van der Waals surface area contributed by atoms with Gasteiger partial charge >= 0.3 is 0 Å². The van der Waals surface area contributed by atoms with Gasteiger partial charge in [-0.15, -0.1) is 0 Å². The van der Waals surface area contributed by atoms with Gasteiger partial charge in [-0.3, -0.25) is 4.79 Å². The number of hydrogen-bond acceptors (Lipinski definition) is 3. The average Bonchev–Trinajstić information content (AvgIpc) is 3.23. The summed E-state index contributed by atoms with van der Waals surface area (Å²) in [5, 5.41) is 3.31. The van der Waals surface area contributed by atoms with E-state index in [1.54, 1.807) is 12.1 Å². The molecule has 0 radical (unpaired) electrons. The quantitative estimate of drug-likeness (QED) is 0.901. The van der Waals surface area contributed by atoms with Crippen LogP contribution in [-0.4, -0.2) is 16.0 Å². The maximum atomic E-state index is 13.2. The minimum Gasteiger partial charge on any atom is -0.308 e. The Labute approximate surface area is 123 Å². The lowest BCUT2D eigenvalue weighted by molar-refractivity contribution is 0.621. The molecule has 1 aromatic heterocycles. The van der Waals surface area contributed by atoms with Crippen LogP contribution in [0.5, 0.6) is 0 Å². The van der Waals surface area contributed by atoms with Gasteiger partial charge in [0, 0.05) is 24.2 Å². The zero-order valence-corrected chi connectivity index (χ0v) is 12.2. The largest absolute Gasteiger partial charge is 0.308 e. The maximum Gasteiger partial charge on any atom is 0.251 e. The van der Waals surface area contributed by atoms with Crippen molar-refractivity contribution in [3.8, 4) is 11.4 Å². The molecule has 0 atom stereocenters. The van der Waals surface area contributed by atoms with Gasteiger partial charge in [0.25, 0.3) is 5.56 Å². The number of rotatable bonds is 4. The highest BCUT2D eigenvalue weighted by Gasteiger charge is 2.20. The van der Waals surface area contributed by atoms with Crippen molar-refractivity contribution in [1.82, 2.24) is 15.3 Å². The summed E-state index contributed by atoms with van der Waals surface area (Å²) in [5.74, 6) is 0.105. The van der Waals surface area contributed by atoms with Crippen molar-refractivity contribution in [2.45, 2.75) is 25.4 Å². The van der Waals surface area contributed by atoms with E-state index in [1.165, 1.54) is 25.0 Å². The number of nitrogens with one attached hydrogen (secondary N) is 2. The van der Waals surface area contributed by atoms with Crippen molar-refractivity contribution in [3.05, 3.63) is 50.6 Å². The van der Waals surface area contributed by atoms with Gasteiger partial charge in [0.05, 0.1) is 10.2 Å². The van der Waals surface area contributed by atoms with Crippen LogP contribution in [0.2, 0.25) is 0 Å². The molecule has 1 saturated carbocycles. The maximum absolute atomic E-state index is 13.2. The van der Waals surface area contributed by atoms with E-state index in [-0.39, 0.29) is 11.4 Å². The second-order valence-electron chi connectivity index (χ2n) is 4.87.